The summed E-state index contributed by atoms with van der Waals surface area (Å²) in [5.74, 6) is 2.13. The topological polar surface area (TPSA) is 69.1 Å². The van der Waals surface area contributed by atoms with Gasteiger partial charge in [-0.3, -0.25) is 4.79 Å². The lowest BCUT2D eigenvalue weighted by Gasteiger charge is -2.61. The molecule has 1 amide bonds. The minimum absolute atomic E-state index is 0.0214. The van der Waals surface area contributed by atoms with Gasteiger partial charge in [-0.05, 0) is 68.6 Å². The molecule has 4 fully saturated rings. The highest BCUT2D eigenvalue weighted by atomic mass is 16.1. The van der Waals surface area contributed by atoms with Crippen LogP contribution in [0.1, 0.15) is 45.4 Å². The van der Waals surface area contributed by atoms with Gasteiger partial charge in [0, 0.05) is 0 Å². The van der Waals surface area contributed by atoms with Crippen molar-refractivity contribution < 1.29 is 4.79 Å². The molecular weight excluding hydrogens is 200 g/mol. The van der Waals surface area contributed by atoms with Crippen LogP contribution in [0.2, 0.25) is 0 Å². The van der Waals surface area contributed by atoms with Crippen molar-refractivity contribution in [2.24, 2.45) is 34.6 Å². The summed E-state index contributed by atoms with van der Waals surface area (Å²) in [5.41, 5.74) is 11.0. The first-order chi connectivity index (χ1) is 7.43. The Hall–Kier alpha value is -0.570. The summed E-state index contributed by atoms with van der Waals surface area (Å²) < 4.78 is 0. The number of carbonyl (C=O) groups excluding carboxylic acids is 1. The van der Waals surface area contributed by atoms with Crippen molar-refractivity contribution in [1.29, 1.82) is 0 Å². The first kappa shape index (κ1) is 10.6. The Morgan fingerprint density at radius 1 is 1.12 bits per heavy atom. The van der Waals surface area contributed by atoms with Gasteiger partial charge < -0.3 is 11.5 Å². The molecule has 4 bridgehead atoms. The van der Waals surface area contributed by atoms with Crippen molar-refractivity contribution in [3.63, 3.8) is 0 Å². The Labute approximate surface area is 96.9 Å². The zero-order valence-electron chi connectivity index (χ0n) is 10.0. The lowest BCUT2D eigenvalue weighted by molar-refractivity contribution is -0.140. The van der Waals surface area contributed by atoms with E-state index in [-0.39, 0.29) is 11.3 Å². The smallest absolute Gasteiger partial charge is 0.237 e. The second-order valence-corrected chi connectivity index (χ2v) is 6.76. The number of carbonyl (C=O) groups is 1. The highest BCUT2D eigenvalue weighted by Crippen LogP contribution is 2.63. The van der Waals surface area contributed by atoms with Gasteiger partial charge in [-0.1, -0.05) is 0 Å². The SMILES string of the molecule is CC(N)(C(N)=O)C12CC3CC(CC(C3)C1)C2. The Morgan fingerprint density at radius 2 is 1.50 bits per heavy atom. The molecule has 4 rings (SSSR count). The summed E-state index contributed by atoms with van der Waals surface area (Å²) in [5, 5.41) is 0. The molecule has 90 valence electrons. The fourth-order valence-electron chi connectivity index (χ4n) is 5.01. The standard InChI is InChI=1S/C13H22N2O/c1-12(15,11(14)16)13-5-8-2-9(6-13)4-10(3-8)7-13/h8-10H,2-7,15H2,1H3,(H2,14,16). The molecule has 0 spiro atoms. The van der Waals surface area contributed by atoms with Gasteiger partial charge in [0.05, 0.1) is 5.54 Å². The maximum Gasteiger partial charge on any atom is 0.237 e. The van der Waals surface area contributed by atoms with Crippen LogP contribution in [0.5, 0.6) is 0 Å². The molecule has 0 aromatic rings. The quantitative estimate of drug-likeness (QED) is 0.741. The van der Waals surface area contributed by atoms with Gasteiger partial charge in [-0.25, -0.2) is 0 Å². The molecule has 1 atom stereocenters. The first-order valence-electron chi connectivity index (χ1n) is 6.52. The molecule has 4 saturated carbocycles. The summed E-state index contributed by atoms with van der Waals surface area (Å²) in [6, 6.07) is 0. The summed E-state index contributed by atoms with van der Waals surface area (Å²) in [7, 11) is 0. The van der Waals surface area contributed by atoms with Crippen LogP contribution in [0.25, 0.3) is 0 Å². The fourth-order valence-corrected chi connectivity index (χ4v) is 5.01. The number of hydrogen-bond donors (Lipinski definition) is 2. The lowest BCUT2D eigenvalue weighted by atomic mass is 9.45. The molecule has 0 heterocycles. The van der Waals surface area contributed by atoms with E-state index in [1.54, 1.807) is 0 Å². The highest BCUT2D eigenvalue weighted by molar-refractivity contribution is 5.85. The third kappa shape index (κ3) is 1.21. The summed E-state index contributed by atoms with van der Waals surface area (Å²) in [6.07, 6.45) is 7.51. The number of primary amides is 1. The van der Waals surface area contributed by atoms with Crippen molar-refractivity contribution in [2.45, 2.75) is 51.0 Å². The molecule has 0 radical (unpaired) electrons. The molecule has 16 heavy (non-hydrogen) atoms. The summed E-state index contributed by atoms with van der Waals surface area (Å²) >= 11 is 0. The average molecular weight is 222 g/mol. The van der Waals surface area contributed by atoms with Crippen molar-refractivity contribution in [3.05, 3.63) is 0 Å². The third-order valence-electron chi connectivity index (χ3n) is 5.65. The fraction of sp³-hybridized carbons (Fsp3) is 0.923. The Balaban J connectivity index is 1.97. The Kier molecular flexibility index (Phi) is 1.99. The average Bonchev–Trinajstić information content (AvgIpc) is 2.14. The van der Waals surface area contributed by atoms with E-state index < -0.39 is 5.54 Å². The first-order valence-corrected chi connectivity index (χ1v) is 6.52. The van der Waals surface area contributed by atoms with Crippen LogP contribution in [-0.4, -0.2) is 11.4 Å². The molecule has 4 N–H and O–H groups in total. The van der Waals surface area contributed by atoms with Crippen LogP contribution in [0.3, 0.4) is 0 Å². The van der Waals surface area contributed by atoms with Gasteiger partial charge in [0.15, 0.2) is 0 Å². The van der Waals surface area contributed by atoms with Gasteiger partial charge in [0.1, 0.15) is 0 Å². The molecule has 0 aromatic heterocycles. The van der Waals surface area contributed by atoms with Gasteiger partial charge in [0.25, 0.3) is 0 Å². The molecule has 3 heteroatoms. The van der Waals surface area contributed by atoms with E-state index in [0.717, 1.165) is 37.0 Å². The Morgan fingerprint density at radius 3 is 1.81 bits per heavy atom. The van der Waals surface area contributed by atoms with E-state index >= 15 is 0 Å². The van der Waals surface area contributed by atoms with Gasteiger partial charge in [-0.2, -0.15) is 0 Å². The maximum absolute atomic E-state index is 11.6. The molecule has 0 aromatic carbocycles. The molecule has 3 nitrogen and oxygen atoms in total. The van der Waals surface area contributed by atoms with Crippen LogP contribution in [0.4, 0.5) is 0 Å². The monoisotopic (exact) mass is 222 g/mol. The molecule has 0 saturated heterocycles. The van der Waals surface area contributed by atoms with E-state index in [9.17, 15) is 4.79 Å². The predicted octanol–water partition coefficient (Wildman–Crippen LogP) is 1.41. The van der Waals surface area contributed by atoms with Crippen LogP contribution in [-0.2, 0) is 4.79 Å². The number of hydrogen-bond acceptors (Lipinski definition) is 2. The van der Waals surface area contributed by atoms with E-state index in [1.807, 2.05) is 6.92 Å². The van der Waals surface area contributed by atoms with Crippen LogP contribution >= 0.6 is 0 Å². The molecule has 0 aliphatic heterocycles. The maximum atomic E-state index is 11.6. The number of rotatable bonds is 2. The highest BCUT2D eigenvalue weighted by Gasteiger charge is 2.59. The number of nitrogens with two attached hydrogens (primary N) is 2. The van der Waals surface area contributed by atoms with Crippen LogP contribution in [0, 0.1) is 23.2 Å². The second-order valence-electron chi connectivity index (χ2n) is 6.76. The number of amides is 1. The molecule has 4 aliphatic carbocycles. The minimum Gasteiger partial charge on any atom is -0.368 e. The molecule has 1 unspecified atom stereocenters. The zero-order chi connectivity index (χ0) is 11.6. The summed E-state index contributed by atoms with van der Waals surface area (Å²) in [6.45, 7) is 1.86. The van der Waals surface area contributed by atoms with Gasteiger partial charge >= 0.3 is 0 Å². The van der Waals surface area contributed by atoms with Crippen LogP contribution < -0.4 is 11.5 Å². The van der Waals surface area contributed by atoms with E-state index in [0.29, 0.717) is 0 Å². The second kappa shape index (κ2) is 3.00. The van der Waals surface area contributed by atoms with E-state index in [2.05, 4.69) is 0 Å². The summed E-state index contributed by atoms with van der Waals surface area (Å²) in [4.78, 5) is 11.6. The predicted molar refractivity (Wildman–Crippen MR) is 62.4 cm³/mol. The largest absolute Gasteiger partial charge is 0.368 e. The lowest BCUT2D eigenvalue weighted by Crippen LogP contribution is -2.66. The molecule has 4 aliphatic rings. The van der Waals surface area contributed by atoms with E-state index in [1.165, 1.54) is 19.3 Å². The zero-order valence-corrected chi connectivity index (χ0v) is 10.0. The minimum atomic E-state index is -0.803. The van der Waals surface area contributed by atoms with Crippen LogP contribution in [0.15, 0.2) is 0 Å². The normalized spacial score (nSPS) is 49.0. The van der Waals surface area contributed by atoms with Crippen molar-refractivity contribution in [1.82, 2.24) is 0 Å². The Bertz CT molecular complexity index is 300. The van der Waals surface area contributed by atoms with Gasteiger partial charge in [-0.15, -0.1) is 0 Å². The van der Waals surface area contributed by atoms with Crippen molar-refractivity contribution in [2.75, 3.05) is 0 Å². The van der Waals surface area contributed by atoms with Crippen molar-refractivity contribution >= 4 is 5.91 Å². The van der Waals surface area contributed by atoms with Crippen molar-refractivity contribution in [3.8, 4) is 0 Å². The van der Waals surface area contributed by atoms with E-state index in [4.69, 9.17) is 11.5 Å². The molecular formula is C13H22N2O. The third-order valence-corrected chi connectivity index (χ3v) is 5.65. The van der Waals surface area contributed by atoms with Gasteiger partial charge in [0.2, 0.25) is 5.91 Å².